The second kappa shape index (κ2) is 5.95. The van der Waals surface area contributed by atoms with Crippen LogP contribution in [0, 0.1) is 0 Å². The summed E-state index contributed by atoms with van der Waals surface area (Å²) in [6.45, 7) is 0.748. The average Bonchev–Trinajstić information content (AvgIpc) is 3.00. The number of rotatable bonds is 3. The molecule has 4 rings (SSSR count). The molecule has 0 unspecified atom stereocenters. The first-order chi connectivity index (χ1) is 11.6. The molecule has 3 aromatic rings. The minimum Gasteiger partial charge on any atom is -0.376 e. The zero-order valence-corrected chi connectivity index (χ0v) is 14.2. The Hall–Kier alpha value is -2.32. The van der Waals surface area contributed by atoms with E-state index in [1.165, 1.54) is 10.9 Å². The van der Waals surface area contributed by atoms with Crippen LogP contribution in [0.2, 0.25) is 0 Å². The molecule has 0 saturated carbocycles. The van der Waals surface area contributed by atoms with Crippen LogP contribution >= 0.6 is 15.9 Å². The number of ether oxygens (including phenoxy) is 1. The smallest absolute Gasteiger partial charge is 0.259 e. The van der Waals surface area contributed by atoms with Crippen LogP contribution in [-0.2, 0) is 24.3 Å². The van der Waals surface area contributed by atoms with Crippen LogP contribution < -0.4 is 5.56 Å². The molecule has 24 heavy (non-hydrogen) atoms. The van der Waals surface area contributed by atoms with Crippen LogP contribution in [0.1, 0.15) is 21.6 Å². The number of aromatic amines is 1. The van der Waals surface area contributed by atoms with Crippen LogP contribution in [-0.4, -0.2) is 31.9 Å². The van der Waals surface area contributed by atoms with Crippen molar-refractivity contribution in [3.05, 3.63) is 56.4 Å². The highest BCUT2D eigenvalue weighted by molar-refractivity contribution is 9.10. The zero-order valence-electron chi connectivity index (χ0n) is 12.6. The Morgan fingerprint density at radius 2 is 2.29 bits per heavy atom. The third kappa shape index (κ3) is 2.57. The summed E-state index contributed by atoms with van der Waals surface area (Å²) in [5.74, 6) is -0.179. The van der Waals surface area contributed by atoms with Gasteiger partial charge in [-0.1, -0.05) is 0 Å². The number of hydrogen-bond acceptors (Lipinski definition) is 5. The molecule has 1 aliphatic heterocycles. The lowest BCUT2D eigenvalue weighted by atomic mass is 10.1. The molecule has 0 saturated heterocycles. The Morgan fingerprint density at radius 1 is 1.42 bits per heavy atom. The number of carbonyl (C=O) groups is 1. The Morgan fingerprint density at radius 3 is 3.17 bits per heavy atom. The molecule has 7 nitrogen and oxygen atoms in total. The van der Waals surface area contributed by atoms with Crippen LogP contribution in [0.4, 0.5) is 0 Å². The summed E-state index contributed by atoms with van der Waals surface area (Å²) in [5, 5.41) is 0.719. The molecule has 122 valence electrons. The van der Waals surface area contributed by atoms with Gasteiger partial charge in [0.2, 0.25) is 0 Å². The highest BCUT2D eigenvalue weighted by Crippen LogP contribution is 2.21. The van der Waals surface area contributed by atoms with E-state index in [4.69, 9.17) is 4.74 Å². The second-order valence-corrected chi connectivity index (χ2v) is 6.50. The number of nitrogens with one attached hydrogen (secondary N) is 1. The lowest BCUT2D eigenvalue weighted by molar-refractivity contribution is 0.0964. The molecule has 8 heteroatoms. The molecule has 0 aliphatic carbocycles. The fourth-order valence-electron chi connectivity index (χ4n) is 2.83. The Bertz CT molecular complexity index is 1010. The molecular weight excluding hydrogens is 376 g/mol. The third-order valence-electron chi connectivity index (χ3n) is 4.06. The number of fused-ring (bicyclic) bond motifs is 2. The number of nitrogens with zero attached hydrogens (tertiary/aromatic N) is 3. The van der Waals surface area contributed by atoms with Gasteiger partial charge >= 0.3 is 0 Å². The maximum atomic E-state index is 12.6. The number of carbonyl (C=O) groups excluding carboxylic acids is 1. The number of halogens is 1. The summed E-state index contributed by atoms with van der Waals surface area (Å²) in [4.78, 5) is 36.6. The van der Waals surface area contributed by atoms with Crippen molar-refractivity contribution in [3.63, 3.8) is 0 Å². The largest absolute Gasteiger partial charge is 0.376 e. The summed E-state index contributed by atoms with van der Waals surface area (Å²) in [6.07, 6.45) is 5.34. The fourth-order valence-corrected chi connectivity index (χ4v) is 3.16. The highest BCUT2D eigenvalue weighted by atomic mass is 79.9. The van der Waals surface area contributed by atoms with Crippen molar-refractivity contribution < 1.29 is 9.53 Å². The number of ketones is 1. The van der Waals surface area contributed by atoms with E-state index in [0.717, 1.165) is 15.6 Å². The summed E-state index contributed by atoms with van der Waals surface area (Å²) in [6, 6.07) is 1.83. The molecule has 0 radical (unpaired) electrons. The summed E-state index contributed by atoms with van der Waals surface area (Å²) in [7, 11) is 0. The van der Waals surface area contributed by atoms with Crippen molar-refractivity contribution in [1.82, 2.24) is 19.5 Å². The van der Waals surface area contributed by atoms with E-state index in [0.29, 0.717) is 29.8 Å². The molecule has 0 aromatic carbocycles. The Balaban J connectivity index is 1.69. The SMILES string of the molecule is O=C(Cn1cnc2c(c1=O)COCC2)c1c[nH]c2ncc(Br)cc12. The van der Waals surface area contributed by atoms with Gasteiger partial charge in [-0.2, -0.15) is 0 Å². The van der Waals surface area contributed by atoms with Crippen LogP contribution in [0.15, 0.2) is 34.1 Å². The molecule has 4 heterocycles. The number of aromatic nitrogens is 4. The highest BCUT2D eigenvalue weighted by Gasteiger charge is 2.19. The third-order valence-corrected chi connectivity index (χ3v) is 4.50. The predicted octanol–water partition coefficient (Wildman–Crippen LogP) is 1.84. The Kier molecular flexibility index (Phi) is 3.78. The van der Waals surface area contributed by atoms with Crippen molar-refractivity contribution in [3.8, 4) is 0 Å². The van der Waals surface area contributed by atoms with E-state index in [1.54, 1.807) is 12.4 Å². The van der Waals surface area contributed by atoms with Crippen molar-refractivity contribution >= 4 is 32.7 Å². The monoisotopic (exact) mass is 388 g/mol. The van der Waals surface area contributed by atoms with E-state index < -0.39 is 0 Å². The van der Waals surface area contributed by atoms with Gasteiger partial charge in [0.25, 0.3) is 5.56 Å². The molecule has 0 fully saturated rings. The standard InChI is InChI=1S/C16H13BrN4O3/c17-9-3-10-11(5-19-15(10)18-4-9)14(22)6-21-8-20-13-1-2-24-7-12(13)16(21)23/h3-5,8H,1-2,6-7H2,(H,18,19). The van der Waals surface area contributed by atoms with Gasteiger partial charge in [0.15, 0.2) is 5.78 Å². The minimum atomic E-state index is -0.216. The van der Waals surface area contributed by atoms with Gasteiger partial charge in [-0.3, -0.25) is 14.2 Å². The van der Waals surface area contributed by atoms with Gasteiger partial charge in [0, 0.05) is 34.2 Å². The van der Waals surface area contributed by atoms with Crippen molar-refractivity contribution in [1.29, 1.82) is 0 Å². The molecule has 0 bridgehead atoms. The molecule has 0 atom stereocenters. The van der Waals surface area contributed by atoms with E-state index in [-0.39, 0.29) is 24.5 Å². The quantitative estimate of drug-likeness (QED) is 0.691. The fraction of sp³-hybridized carbons (Fsp3) is 0.250. The maximum Gasteiger partial charge on any atom is 0.259 e. The Labute approximate surface area is 144 Å². The lowest BCUT2D eigenvalue weighted by Gasteiger charge is -2.16. The van der Waals surface area contributed by atoms with Gasteiger partial charge < -0.3 is 9.72 Å². The van der Waals surface area contributed by atoms with Gasteiger partial charge in [0.1, 0.15) is 5.65 Å². The van der Waals surface area contributed by atoms with Crippen LogP contribution in [0.25, 0.3) is 11.0 Å². The first-order valence-corrected chi connectivity index (χ1v) is 8.23. The number of H-pyrrole nitrogens is 1. The first kappa shape index (κ1) is 15.2. The number of hydrogen-bond donors (Lipinski definition) is 1. The zero-order chi connectivity index (χ0) is 16.7. The van der Waals surface area contributed by atoms with Gasteiger partial charge in [-0.15, -0.1) is 0 Å². The minimum absolute atomic E-state index is 0.0709. The van der Waals surface area contributed by atoms with E-state index in [1.807, 2.05) is 6.07 Å². The van der Waals surface area contributed by atoms with Crippen molar-refractivity contribution in [2.24, 2.45) is 0 Å². The van der Waals surface area contributed by atoms with E-state index in [2.05, 4.69) is 30.9 Å². The van der Waals surface area contributed by atoms with Crippen LogP contribution in [0.3, 0.4) is 0 Å². The molecule has 0 spiro atoms. The normalized spacial score (nSPS) is 13.9. The first-order valence-electron chi connectivity index (χ1n) is 7.44. The summed E-state index contributed by atoms with van der Waals surface area (Å²) < 4.78 is 7.44. The van der Waals surface area contributed by atoms with E-state index in [9.17, 15) is 9.59 Å². The molecule has 1 aliphatic rings. The van der Waals surface area contributed by atoms with E-state index >= 15 is 0 Å². The number of pyridine rings is 1. The molecular formula is C16H13BrN4O3. The predicted molar refractivity (Wildman–Crippen MR) is 90.0 cm³/mol. The number of Topliss-reactive ketones (excluding diaryl/α,β-unsaturated/α-hetero) is 1. The van der Waals surface area contributed by atoms with Crippen molar-refractivity contribution in [2.45, 2.75) is 19.6 Å². The summed E-state index contributed by atoms with van der Waals surface area (Å²) in [5.41, 5.74) is 2.22. The topological polar surface area (TPSA) is 89.9 Å². The van der Waals surface area contributed by atoms with Gasteiger partial charge in [0.05, 0.1) is 37.3 Å². The lowest BCUT2D eigenvalue weighted by Crippen LogP contribution is -2.31. The van der Waals surface area contributed by atoms with Gasteiger partial charge in [-0.25, -0.2) is 9.97 Å². The summed E-state index contributed by atoms with van der Waals surface area (Å²) >= 11 is 3.35. The van der Waals surface area contributed by atoms with Crippen LogP contribution in [0.5, 0.6) is 0 Å². The second-order valence-electron chi connectivity index (χ2n) is 5.58. The maximum absolute atomic E-state index is 12.6. The average molecular weight is 389 g/mol. The molecule has 0 amide bonds. The van der Waals surface area contributed by atoms with Crippen molar-refractivity contribution in [2.75, 3.05) is 6.61 Å². The molecule has 3 aromatic heterocycles. The van der Waals surface area contributed by atoms with Gasteiger partial charge in [-0.05, 0) is 22.0 Å². The molecule has 1 N–H and O–H groups in total.